The third-order valence-electron chi connectivity index (χ3n) is 4.14. The lowest BCUT2D eigenvalue weighted by Gasteiger charge is -2.29. The normalized spacial score (nSPS) is 35.3. The van der Waals surface area contributed by atoms with E-state index in [1.165, 1.54) is 24.0 Å². The van der Waals surface area contributed by atoms with E-state index >= 15 is 0 Å². The maximum absolute atomic E-state index is 13.3. The molecule has 0 aromatic carbocycles. The number of nitrogens with zero attached hydrogens (tertiary/aromatic N) is 3. The Labute approximate surface area is 125 Å². The number of hydrogen-bond donors (Lipinski definition) is 4. The van der Waals surface area contributed by atoms with Gasteiger partial charge in [0.15, 0.2) is 17.5 Å². The Balaban J connectivity index is 2.12. The Morgan fingerprint density at radius 2 is 2.23 bits per heavy atom. The van der Waals surface area contributed by atoms with Crippen LogP contribution < -0.4 is 5.73 Å². The first-order valence-electron chi connectivity index (χ1n) is 6.69. The zero-order valence-corrected chi connectivity index (χ0v) is 11.8. The highest BCUT2D eigenvalue weighted by Crippen LogP contribution is 2.45. The molecule has 2 aromatic heterocycles. The quantitative estimate of drug-likeness (QED) is 0.593. The number of aromatic nitrogens is 3. The SMILES string of the molecule is C[C@@]1(O)[C@H](O)[C@](CO)(CF)O[C@H]1n1cnc2c(N)ccnc21. The second-order valence-corrected chi connectivity index (χ2v) is 5.68. The first kappa shape index (κ1) is 15.1. The standard InChI is InChI=1S/C13H17FN4O4/c1-12(21)10(20)13(4-14,5-19)22-11(12)18-6-17-8-7(15)2-3-16-9(8)18/h2-3,6,10-11,19-21H,4-5H2,1H3,(H2,15,16)/t10-,11+,12+,13+/m0/s1. The van der Waals surface area contributed by atoms with E-state index in [0.29, 0.717) is 16.9 Å². The fraction of sp³-hybridized carbons (Fsp3) is 0.538. The minimum atomic E-state index is -1.90. The molecule has 0 bridgehead atoms. The van der Waals surface area contributed by atoms with E-state index in [2.05, 4.69) is 9.97 Å². The molecule has 5 N–H and O–H groups in total. The number of halogens is 1. The maximum Gasteiger partial charge on any atom is 0.168 e. The van der Waals surface area contributed by atoms with Gasteiger partial charge in [0.25, 0.3) is 0 Å². The summed E-state index contributed by atoms with van der Waals surface area (Å²) in [4.78, 5) is 8.23. The predicted molar refractivity (Wildman–Crippen MR) is 74.5 cm³/mol. The smallest absolute Gasteiger partial charge is 0.168 e. The van der Waals surface area contributed by atoms with Gasteiger partial charge in [0, 0.05) is 6.20 Å². The molecule has 8 nitrogen and oxygen atoms in total. The van der Waals surface area contributed by atoms with Crippen LogP contribution in [0, 0.1) is 0 Å². The molecule has 0 unspecified atom stereocenters. The van der Waals surface area contributed by atoms with Gasteiger partial charge < -0.3 is 25.8 Å². The Morgan fingerprint density at radius 1 is 1.50 bits per heavy atom. The van der Waals surface area contributed by atoms with Crippen molar-refractivity contribution in [3.05, 3.63) is 18.6 Å². The molecule has 1 saturated heterocycles. The predicted octanol–water partition coefficient (Wildman–Crippen LogP) is -0.645. The molecule has 3 rings (SSSR count). The lowest BCUT2D eigenvalue weighted by Crippen LogP contribution is -2.52. The summed E-state index contributed by atoms with van der Waals surface area (Å²) in [5.41, 5.74) is 3.16. The Kier molecular flexibility index (Phi) is 3.33. The summed E-state index contributed by atoms with van der Waals surface area (Å²) >= 11 is 0. The molecule has 1 aliphatic rings. The topological polar surface area (TPSA) is 127 Å². The van der Waals surface area contributed by atoms with Crippen LogP contribution in [0.3, 0.4) is 0 Å². The van der Waals surface area contributed by atoms with Gasteiger partial charge in [-0.05, 0) is 13.0 Å². The van der Waals surface area contributed by atoms with Crippen LogP contribution in [0.15, 0.2) is 18.6 Å². The van der Waals surface area contributed by atoms with Crippen molar-refractivity contribution in [3.8, 4) is 0 Å². The van der Waals surface area contributed by atoms with Gasteiger partial charge in [-0.2, -0.15) is 0 Å². The van der Waals surface area contributed by atoms with E-state index in [0.717, 1.165) is 0 Å². The van der Waals surface area contributed by atoms with Gasteiger partial charge in [0.05, 0.1) is 18.6 Å². The van der Waals surface area contributed by atoms with Gasteiger partial charge >= 0.3 is 0 Å². The summed E-state index contributed by atoms with van der Waals surface area (Å²) in [6.45, 7) is -0.632. The van der Waals surface area contributed by atoms with Crippen molar-refractivity contribution in [2.24, 2.45) is 0 Å². The van der Waals surface area contributed by atoms with Crippen molar-refractivity contribution in [3.63, 3.8) is 0 Å². The number of aliphatic hydroxyl groups excluding tert-OH is 2. The van der Waals surface area contributed by atoms with Crippen LogP contribution in [-0.4, -0.2) is 60.4 Å². The van der Waals surface area contributed by atoms with Crippen LogP contribution >= 0.6 is 0 Å². The van der Waals surface area contributed by atoms with Crippen molar-refractivity contribution >= 4 is 16.9 Å². The Bertz CT molecular complexity index is 700. The summed E-state index contributed by atoms with van der Waals surface area (Å²) in [6, 6.07) is 1.57. The average molecular weight is 312 g/mol. The Hall–Kier alpha value is -1.81. The average Bonchev–Trinajstić information content (AvgIpc) is 3.00. The van der Waals surface area contributed by atoms with Gasteiger partial charge in [-0.1, -0.05) is 0 Å². The van der Waals surface area contributed by atoms with E-state index in [4.69, 9.17) is 10.5 Å². The molecule has 0 radical (unpaired) electrons. The number of aliphatic hydroxyl groups is 3. The summed E-state index contributed by atoms with van der Waals surface area (Å²) in [7, 11) is 0. The Morgan fingerprint density at radius 3 is 2.82 bits per heavy atom. The van der Waals surface area contributed by atoms with Gasteiger partial charge in [-0.25, -0.2) is 14.4 Å². The van der Waals surface area contributed by atoms with E-state index in [1.54, 1.807) is 6.07 Å². The third kappa shape index (κ3) is 1.83. The van der Waals surface area contributed by atoms with Crippen molar-refractivity contribution in [1.82, 2.24) is 14.5 Å². The number of pyridine rings is 1. The van der Waals surface area contributed by atoms with Crippen molar-refractivity contribution in [2.45, 2.75) is 30.5 Å². The number of nitrogen functional groups attached to an aromatic ring is 1. The van der Waals surface area contributed by atoms with E-state index in [1.807, 2.05) is 0 Å². The molecular formula is C13H17FN4O4. The highest BCUT2D eigenvalue weighted by molar-refractivity contribution is 5.83. The zero-order valence-electron chi connectivity index (χ0n) is 11.8. The molecule has 0 amide bonds. The number of ether oxygens (including phenoxy) is 1. The van der Waals surface area contributed by atoms with Crippen molar-refractivity contribution in [1.29, 1.82) is 0 Å². The minimum absolute atomic E-state index is 0.324. The lowest BCUT2D eigenvalue weighted by atomic mass is 9.88. The number of alkyl halides is 1. The summed E-state index contributed by atoms with van der Waals surface area (Å²) in [5, 5.41) is 30.2. The number of anilines is 1. The molecule has 120 valence electrons. The maximum atomic E-state index is 13.3. The van der Waals surface area contributed by atoms with Crippen molar-refractivity contribution < 1.29 is 24.4 Å². The number of nitrogens with two attached hydrogens (primary N) is 1. The van der Waals surface area contributed by atoms with Crippen molar-refractivity contribution in [2.75, 3.05) is 19.0 Å². The van der Waals surface area contributed by atoms with Crippen LogP contribution in [-0.2, 0) is 4.74 Å². The third-order valence-corrected chi connectivity index (χ3v) is 4.14. The zero-order chi connectivity index (χ0) is 16.1. The van der Waals surface area contributed by atoms with Gasteiger partial charge in [-0.15, -0.1) is 0 Å². The largest absolute Gasteiger partial charge is 0.397 e. The molecule has 9 heteroatoms. The number of hydrogen-bond acceptors (Lipinski definition) is 7. The molecular weight excluding hydrogens is 295 g/mol. The molecule has 1 fully saturated rings. The molecule has 1 aliphatic heterocycles. The second-order valence-electron chi connectivity index (χ2n) is 5.68. The van der Waals surface area contributed by atoms with Crippen LogP contribution in [0.4, 0.5) is 10.1 Å². The van der Waals surface area contributed by atoms with Crippen LogP contribution in [0.25, 0.3) is 11.2 Å². The molecule has 4 atom stereocenters. The molecule has 3 heterocycles. The van der Waals surface area contributed by atoms with Crippen LogP contribution in [0.5, 0.6) is 0 Å². The number of imidazole rings is 1. The molecule has 0 saturated carbocycles. The first-order valence-corrected chi connectivity index (χ1v) is 6.69. The van der Waals surface area contributed by atoms with Crippen LogP contribution in [0.2, 0.25) is 0 Å². The molecule has 0 spiro atoms. The molecule has 2 aromatic rings. The van der Waals surface area contributed by atoms with E-state index in [9.17, 15) is 19.7 Å². The fourth-order valence-corrected chi connectivity index (χ4v) is 2.81. The van der Waals surface area contributed by atoms with E-state index in [-0.39, 0.29) is 0 Å². The summed E-state index contributed by atoms with van der Waals surface area (Å²) in [6.07, 6.45) is -0.00104. The van der Waals surface area contributed by atoms with Gasteiger partial charge in [0.1, 0.15) is 23.9 Å². The number of rotatable bonds is 3. The second kappa shape index (κ2) is 4.85. The number of fused-ring (bicyclic) bond motifs is 1. The lowest BCUT2D eigenvalue weighted by molar-refractivity contribution is -0.137. The highest BCUT2D eigenvalue weighted by atomic mass is 19.1. The van der Waals surface area contributed by atoms with Gasteiger partial charge in [-0.3, -0.25) is 4.57 Å². The highest BCUT2D eigenvalue weighted by Gasteiger charge is 2.62. The fourth-order valence-electron chi connectivity index (χ4n) is 2.81. The minimum Gasteiger partial charge on any atom is -0.397 e. The van der Waals surface area contributed by atoms with Crippen LogP contribution in [0.1, 0.15) is 13.2 Å². The van der Waals surface area contributed by atoms with Gasteiger partial charge in [0.2, 0.25) is 0 Å². The first-order chi connectivity index (χ1) is 10.4. The molecule has 0 aliphatic carbocycles. The monoisotopic (exact) mass is 312 g/mol. The summed E-state index contributed by atoms with van der Waals surface area (Å²) < 4.78 is 20.2. The molecule has 22 heavy (non-hydrogen) atoms. The summed E-state index contributed by atoms with van der Waals surface area (Å²) in [5.74, 6) is 0. The van der Waals surface area contributed by atoms with E-state index < -0.39 is 36.8 Å².